The number of aryl methyl sites for hydroxylation is 1. The molecular formula is C14H10ClNOS. The highest BCUT2D eigenvalue weighted by atomic mass is 35.5. The van der Waals surface area contributed by atoms with E-state index in [0.29, 0.717) is 11.0 Å². The number of hydrogen-bond donors (Lipinski definition) is 0. The minimum atomic E-state index is 0.384. The second-order valence-electron chi connectivity index (χ2n) is 3.93. The van der Waals surface area contributed by atoms with Gasteiger partial charge < -0.3 is 4.42 Å². The number of hydrogen-bond acceptors (Lipinski definition) is 3. The van der Waals surface area contributed by atoms with Gasteiger partial charge in [0.2, 0.25) is 0 Å². The highest BCUT2D eigenvalue weighted by molar-refractivity contribution is 7.06. The Balaban J connectivity index is 2.18. The molecule has 2 aromatic heterocycles. The lowest BCUT2D eigenvalue weighted by Crippen LogP contribution is -1.81. The average Bonchev–Trinajstić information content (AvgIpc) is 2.96. The summed E-state index contributed by atoms with van der Waals surface area (Å²) in [6, 6.07) is 13.8. The number of aromatic nitrogens is 1. The summed E-state index contributed by atoms with van der Waals surface area (Å²) in [5.41, 5.74) is 3.12. The van der Waals surface area contributed by atoms with Crippen molar-refractivity contribution < 1.29 is 4.42 Å². The Morgan fingerprint density at radius 1 is 1.11 bits per heavy atom. The lowest BCUT2D eigenvalue weighted by Gasteiger charge is -2.02. The molecule has 0 amide bonds. The minimum absolute atomic E-state index is 0.384. The van der Waals surface area contributed by atoms with Gasteiger partial charge in [-0.05, 0) is 47.8 Å². The van der Waals surface area contributed by atoms with Crippen molar-refractivity contribution in [2.24, 2.45) is 0 Å². The van der Waals surface area contributed by atoms with Crippen LogP contribution in [0, 0.1) is 6.92 Å². The molecule has 0 aliphatic rings. The number of halogens is 1. The van der Waals surface area contributed by atoms with Crippen LogP contribution in [0.5, 0.6) is 0 Å². The fraction of sp³-hybridized carbons (Fsp3) is 0.0714. The zero-order chi connectivity index (χ0) is 12.5. The summed E-state index contributed by atoms with van der Waals surface area (Å²) in [6.45, 7) is 2.06. The molecule has 0 unspecified atom stereocenters. The normalized spacial score (nSPS) is 10.8. The van der Waals surface area contributed by atoms with Crippen molar-refractivity contribution in [3.8, 4) is 22.6 Å². The lowest BCUT2D eigenvalue weighted by atomic mass is 10.0. The number of rotatable bonds is 2. The first-order valence-electron chi connectivity index (χ1n) is 5.53. The highest BCUT2D eigenvalue weighted by Gasteiger charge is 2.16. The maximum Gasteiger partial charge on any atom is 0.194 e. The second-order valence-corrected chi connectivity index (χ2v) is 5.28. The van der Waals surface area contributed by atoms with Crippen LogP contribution in [0.2, 0.25) is 5.22 Å². The summed E-state index contributed by atoms with van der Waals surface area (Å²) in [5, 5.41) is 0.384. The molecule has 3 aromatic rings. The molecule has 0 fully saturated rings. The van der Waals surface area contributed by atoms with Crippen molar-refractivity contribution in [3.63, 3.8) is 0 Å². The molecule has 0 spiro atoms. The van der Waals surface area contributed by atoms with Crippen LogP contribution in [0.3, 0.4) is 0 Å². The molecular weight excluding hydrogens is 266 g/mol. The largest absolute Gasteiger partial charge is 0.443 e. The molecule has 0 bridgehead atoms. The molecule has 0 saturated heterocycles. The third kappa shape index (κ3) is 1.96. The Morgan fingerprint density at radius 3 is 2.56 bits per heavy atom. The van der Waals surface area contributed by atoms with E-state index in [1.165, 1.54) is 16.4 Å². The summed E-state index contributed by atoms with van der Waals surface area (Å²) in [4.78, 5) is 1.17. The van der Waals surface area contributed by atoms with Crippen LogP contribution in [-0.4, -0.2) is 4.37 Å². The van der Waals surface area contributed by atoms with E-state index in [1.54, 1.807) is 6.07 Å². The molecule has 0 N–H and O–H groups in total. The van der Waals surface area contributed by atoms with Crippen LogP contribution in [0.25, 0.3) is 22.6 Å². The van der Waals surface area contributed by atoms with Crippen molar-refractivity contribution in [3.05, 3.63) is 52.6 Å². The summed E-state index contributed by atoms with van der Waals surface area (Å²) < 4.78 is 9.92. The predicted molar refractivity (Wildman–Crippen MR) is 75.0 cm³/mol. The van der Waals surface area contributed by atoms with Crippen LogP contribution in [0.15, 0.2) is 46.9 Å². The molecule has 18 heavy (non-hydrogen) atoms. The first kappa shape index (κ1) is 11.5. The van der Waals surface area contributed by atoms with Crippen LogP contribution >= 0.6 is 23.1 Å². The van der Waals surface area contributed by atoms with Gasteiger partial charge in [0.15, 0.2) is 11.0 Å². The van der Waals surface area contributed by atoms with E-state index in [0.717, 1.165) is 16.8 Å². The summed E-state index contributed by atoms with van der Waals surface area (Å²) >= 11 is 7.30. The molecule has 0 saturated carbocycles. The minimum Gasteiger partial charge on any atom is -0.443 e. The van der Waals surface area contributed by atoms with Gasteiger partial charge >= 0.3 is 0 Å². The molecule has 2 heterocycles. The molecule has 0 aliphatic carbocycles. The van der Waals surface area contributed by atoms with Gasteiger partial charge in [0.25, 0.3) is 0 Å². The monoisotopic (exact) mass is 275 g/mol. The van der Waals surface area contributed by atoms with Crippen LogP contribution in [-0.2, 0) is 0 Å². The molecule has 4 heteroatoms. The quantitative estimate of drug-likeness (QED) is 0.655. The van der Waals surface area contributed by atoms with E-state index in [9.17, 15) is 0 Å². The maximum atomic E-state index is 5.82. The number of furan rings is 1. The molecule has 2 nitrogen and oxygen atoms in total. The van der Waals surface area contributed by atoms with Crippen LogP contribution < -0.4 is 0 Å². The molecule has 1 aromatic carbocycles. The van der Waals surface area contributed by atoms with E-state index in [1.807, 2.05) is 24.3 Å². The predicted octanol–water partition coefficient (Wildman–Crippen LogP) is 5.03. The van der Waals surface area contributed by atoms with Crippen molar-refractivity contribution in [1.82, 2.24) is 4.37 Å². The van der Waals surface area contributed by atoms with Gasteiger partial charge in [-0.25, -0.2) is 0 Å². The Labute approximate surface area is 114 Å². The van der Waals surface area contributed by atoms with Gasteiger partial charge in [-0.1, -0.05) is 30.3 Å². The van der Waals surface area contributed by atoms with E-state index in [2.05, 4.69) is 23.4 Å². The first-order valence-corrected chi connectivity index (χ1v) is 6.68. The van der Waals surface area contributed by atoms with Gasteiger partial charge in [0.05, 0.1) is 0 Å². The topological polar surface area (TPSA) is 26.0 Å². The molecule has 0 radical (unpaired) electrons. The molecule has 0 aliphatic heterocycles. The van der Waals surface area contributed by atoms with Crippen molar-refractivity contribution in [2.45, 2.75) is 6.92 Å². The zero-order valence-electron chi connectivity index (χ0n) is 9.68. The molecule has 3 rings (SSSR count). The SMILES string of the molecule is Cc1snc(-c2ccc(Cl)o2)c1-c1ccccc1. The Morgan fingerprint density at radius 2 is 1.89 bits per heavy atom. The van der Waals surface area contributed by atoms with Crippen molar-refractivity contribution in [1.29, 1.82) is 0 Å². The van der Waals surface area contributed by atoms with Crippen LogP contribution in [0.4, 0.5) is 0 Å². The average molecular weight is 276 g/mol. The van der Waals surface area contributed by atoms with Crippen LogP contribution in [0.1, 0.15) is 4.88 Å². The zero-order valence-corrected chi connectivity index (χ0v) is 11.3. The fourth-order valence-electron chi connectivity index (χ4n) is 1.93. The second kappa shape index (κ2) is 4.59. The summed E-state index contributed by atoms with van der Waals surface area (Å²) in [5.74, 6) is 0.711. The third-order valence-corrected chi connectivity index (χ3v) is 3.69. The van der Waals surface area contributed by atoms with E-state index in [-0.39, 0.29) is 0 Å². The number of nitrogens with zero attached hydrogens (tertiary/aromatic N) is 1. The van der Waals surface area contributed by atoms with E-state index in [4.69, 9.17) is 16.0 Å². The molecule has 90 valence electrons. The lowest BCUT2D eigenvalue weighted by molar-refractivity contribution is 0.583. The van der Waals surface area contributed by atoms with E-state index < -0.39 is 0 Å². The summed E-state index contributed by atoms with van der Waals surface area (Å²) in [7, 11) is 0. The van der Waals surface area contributed by atoms with E-state index >= 15 is 0 Å². The highest BCUT2D eigenvalue weighted by Crippen LogP contribution is 2.37. The third-order valence-electron chi connectivity index (χ3n) is 2.73. The fourth-order valence-corrected chi connectivity index (χ4v) is 2.79. The van der Waals surface area contributed by atoms with Gasteiger partial charge in [-0.15, -0.1) is 0 Å². The standard InChI is InChI=1S/C14H10ClNOS/c1-9-13(10-5-3-2-4-6-10)14(16-18-9)11-7-8-12(15)17-11/h2-8H,1H3. The number of benzene rings is 1. The van der Waals surface area contributed by atoms with Crippen molar-refractivity contribution >= 4 is 23.1 Å². The molecule has 0 atom stereocenters. The Bertz CT molecular complexity index is 672. The maximum absolute atomic E-state index is 5.82. The van der Waals surface area contributed by atoms with Gasteiger partial charge in [0, 0.05) is 10.4 Å². The van der Waals surface area contributed by atoms with Gasteiger partial charge in [-0.2, -0.15) is 4.37 Å². The van der Waals surface area contributed by atoms with Gasteiger partial charge in [-0.3, -0.25) is 0 Å². The Hall–Kier alpha value is -1.58. The smallest absolute Gasteiger partial charge is 0.194 e. The Kier molecular flexibility index (Phi) is 2.94. The first-order chi connectivity index (χ1) is 8.75. The van der Waals surface area contributed by atoms with Gasteiger partial charge in [0.1, 0.15) is 5.69 Å². The summed E-state index contributed by atoms with van der Waals surface area (Å²) in [6.07, 6.45) is 0. The van der Waals surface area contributed by atoms with Crippen molar-refractivity contribution in [2.75, 3.05) is 0 Å².